The normalized spacial score (nSPS) is 17.7. The molecule has 0 fully saturated rings. The van der Waals surface area contributed by atoms with E-state index in [-0.39, 0.29) is 11.9 Å². The summed E-state index contributed by atoms with van der Waals surface area (Å²) in [5.41, 5.74) is 3.42. The average Bonchev–Trinajstić information content (AvgIpc) is 2.83. The van der Waals surface area contributed by atoms with Crippen molar-refractivity contribution in [2.75, 3.05) is 11.4 Å². The molecule has 1 N–H and O–H groups in total. The minimum absolute atomic E-state index is 0.0148. The number of hydrogen-bond acceptors (Lipinski definition) is 2. The summed E-state index contributed by atoms with van der Waals surface area (Å²) >= 11 is 6.20. The highest BCUT2D eigenvalue weighted by Crippen LogP contribution is 2.31. The van der Waals surface area contributed by atoms with Crippen molar-refractivity contribution in [2.45, 2.75) is 32.4 Å². The van der Waals surface area contributed by atoms with Crippen LogP contribution in [0, 0.1) is 0 Å². The van der Waals surface area contributed by atoms with Gasteiger partial charge in [0.15, 0.2) is 0 Å². The summed E-state index contributed by atoms with van der Waals surface area (Å²) < 4.78 is 0. The molecule has 0 radical (unpaired) electrons. The Morgan fingerprint density at radius 3 is 2.74 bits per heavy atom. The fraction of sp³-hybridized carbons (Fsp3) is 0.316. The summed E-state index contributed by atoms with van der Waals surface area (Å²) in [6.45, 7) is 4.48. The van der Waals surface area contributed by atoms with Crippen LogP contribution in [0.2, 0.25) is 5.02 Å². The summed E-state index contributed by atoms with van der Waals surface area (Å²) in [5.74, 6) is 0.0148. The number of nitrogens with zero attached hydrogens (tertiary/aromatic N) is 1. The molecule has 0 saturated carbocycles. The van der Waals surface area contributed by atoms with Crippen LogP contribution >= 0.6 is 11.6 Å². The molecular formula is C19H21ClN2O. The zero-order valence-electron chi connectivity index (χ0n) is 13.4. The van der Waals surface area contributed by atoms with E-state index in [1.54, 1.807) is 0 Å². The van der Waals surface area contributed by atoms with E-state index in [9.17, 15) is 4.79 Å². The molecule has 1 amide bonds. The van der Waals surface area contributed by atoms with E-state index in [4.69, 9.17) is 11.6 Å². The third-order valence-electron chi connectivity index (χ3n) is 4.41. The molecule has 0 bridgehead atoms. The maximum absolute atomic E-state index is 12.5. The van der Waals surface area contributed by atoms with Crippen LogP contribution in [0.15, 0.2) is 48.5 Å². The molecule has 2 aromatic rings. The van der Waals surface area contributed by atoms with Crippen LogP contribution in [0.3, 0.4) is 0 Å². The van der Waals surface area contributed by atoms with Gasteiger partial charge in [-0.25, -0.2) is 0 Å². The molecule has 1 heterocycles. The van der Waals surface area contributed by atoms with Crippen molar-refractivity contribution < 1.29 is 4.79 Å². The molecule has 0 saturated heterocycles. The van der Waals surface area contributed by atoms with Crippen LogP contribution in [-0.4, -0.2) is 18.5 Å². The second-order valence-electron chi connectivity index (χ2n) is 6.12. The zero-order valence-corrected chi connectivity index (χ0v) is 14.2. The molecule has 1 aliphatic heterocycles. The van der Waals surface area contributed by atoms with Gasteiger partial charge in [0.2, 0.25) is 5.91 Å². The Balaban J connectivity index is 1.67. The first-order chi connectivity index (χ1) is 11.1. The minimum atomic E-state index is -0.107. The second-order valence-corrected chi connectivity index (χ2v) is 6.53. The monoisotopic (exact) mass is 328 g/mol. The Bertz CT molecular complexity index is 716. The van der Waals surface area contributed by atoms with Crippen molar-refractivity contribution >= 4 is 23.2 Å². The Hall–Kier alpha value is -2.00. The lowest BCUT2D eigenvalue weighted by atomic mass is 10.1. The molecule has 0 aromatic heterocycles. The number of benzene rings is 2. The number of anilines is 1. The summed E-state index contributed by atoms with van der Waals surface area (Å²) in [6, 6.07) is 16.1. The van der Waals surface area contributed by atoms with Crippen LogP contribution in [0.5, 0.6) is 0 Å². The smallest absolute Gasteiger partial charge is 0.240 e. The van der Waals surface area contributed by atoms with Crippen LogP contribution < -0.4 is 10.2 Å². The number of halogens is 1. The first kappa shape index (κ1) is 15.9. The van der Waals surface area contributed by atoms with Gasteiger partial charge < -0.3 is 10.2 Å². The first-order valence-corrected chi connectivity index (χ1v) is 8.32. The Morgan fingerprint density at radius 1 is 1.26 bits per heavy atom. The number of amides is 1. The van der Waals surface area contributed by atoms with Gasteiger partial charge in [0.05, 0.1) is 12.6 Å². The largest absolute Gasteiger partial charge is 0.359 e. The fourth-order valence-corrected chi connectivity index (χ4v) is 3.52. The lowest BCUT2D eigenvalue weighted by Gasteiger charge is -2.25. The average molecular weight is 329 g/mol. The number of carbonyl (C=O) groups excluding carboxylic acids is 1. The van der Waals surface area contributed by atoms with E-state index in [1.807, 2.05) is 37.3 Å². The third kappa shape index (κ3) is 3.35. The lowest BCUT2D eigenvalue weighted by Crippen LogP contribution is -2.40. The van der Waals surface area contributed by atoms with Gasteiger partial charge >= 0.3 is 0 Å². The quantitative estimate of drug-likeness (QED) is 0.921. The van der Waals surface area contributed by atoms with Crippen molar-refractivity contribution in [1.82, 2.24) is 5.32 Å². The molecule has 0 aliphatic carbocycles. The van der Waals surface area contributed by atoms with Gasteiger partial charge in [-0.05, 0) is 43.5 Å². The molecule has 2 atom stereocenters. The van der Waals surface area contributed by atoms with Gasteiger partial charge in [0.25, 0.3) is 0 Å². The number of fused-ring (bicyclic) bond motifs is 1. The summed E-state index contributed by atoms with van der Waals surface area (Å²) in [4.78, 5) is 14.6. The van der Waals surface area contributed by atoms with Gasteiger partial charge in [0.1, 0.15) is 0 Å². The van der Waals surface area contributed by atoms with E-state index >= 15 is 0 Å². The molecule has 3 rings (SSSR count). The fourth-order valence-electron chi connectivity index (χ4n) is 3.22. The van der Waals surface area contributed by atoms with Crippen molar-refractivity contribution in [2.24, 2.45) is 0 Å². The number of nitrogens with one attached hydrogen (secondary N) is 1. The van der Waals surface area contributed by atoms with Gasteiger partial charge in [-0.3, -0.25) is 4.79 Å². The van der Waals surface area contributed by atoms with E-state index in [1.165, 1.54) is 11.3 Å². The molecule has 2 aromatic carbocycles. The molecule has 0 spiro atoms. The van der Waals surface area contributed by atoms with Crippen molar-refractivity contribution in [3.8, 4) is 0 Å². The number of carbonyl (C=O) groups is 1. The molecule has 120 valence electrons. The Kier molecular flexibility index (Phi) is 4.58. The SMILES string of the molecule is C[C@H](NC(=O)CN1c2ccccc2C[C@H]1C)c1ccccc1Cl. The maximum atomic E-state index is 12.5. The third-order valence-corrected chi connectivity index (χ3v) is 4.76. The lowest BCUT2D eigenvalue weighted by molar-refractivity contribution is -0.120. The van der Waals surface area contributed by atoms with Gasteiger partial charge in [0, 0.05) is 16.8 Å². The second kappa shape index (κ2) is 6.63. The summed E-state index contributed by atoms with van der Waals surface area (Å²) in [7, 11) is 0. The predicted octanol–water partition coefficient (Wildman–Crippen LogP) is 3.97. The van der Waals surface area contributed by atoms with Crippen molar-refractivity contribution in [1.29, 1.82) is 0 Å². The first-order valence-electron chi connectivity index (χ1n) is 7.94. The number of hydrogen-bond donors (Lipinski definition) is 1. The van der Waals surface area contributed by atoms with Crippen LogP contribution in [0.25, 0.3) is 0 Å². The minimum Gasteiger partial charge on any atom is -0.359 e. The number of para-hydroxylation sites is 1. The van der Waals surface area contributed by atoms with Crippen LogP contribution in [0.1, 0.15) is 31.0 Å². The zero-order chi connectivity index (χ0) is 16.4. The van der Waals surface area contributed by atoms with E-state index < -0.39 is 0 Å². The van der Waals surface area contributed by atoms with E-state index in [0.29, 0.717) is 17.6 Å². The Labute approximate surface area is 142 Å². The molecule has 0 unspecified atom stereocenters. The molecule has 1 aliphatic rings. The molecular weight excluding hydrogens is 308 g/mol. The van der Waals surface area contributed by atoms with E-state index in [2.05, 4.69) is 35.3 Å². The van der Waals surface area contributed by atoms with Crippen LogP contribution in [-0.2, 0) is 11.2 Å². The van der Waals surface area contributed by atoms with Gasteiger partial charge in [-0.1, -0.05) is 48.0 Å². The Morgan fingerprint density at radius 2 is 1.96 bits per heavy atom. The molecule has 23 heavy (non-hydrogen) atoms. The molecule has 4 heteroatoms. The van der Waals surface area contributed by atoms with E-state index in [0.717, 1.165) is 12.0 Å². The molecule has 3 nitrogen and oxygen atoms in total. The highest BCUT2D eigenvalue weighted by molar-refractivity contribution is 6.31. The van der Waals surface area contributed by atoms with Crippen molar-refractivity contribution in [3.05, 3.63) is 64.7 Å². The standard InChI is InChI=1S/C19H21ClN2O/c1-13-11-15-7-3-6-10-18(15)22(13)12-19(23)21-14(2)16-8-4-5-9-17(16)20/h3-10,13-14H,11-12H2,1-2H3,(H,21,23)/t13-,14+/m1/s1. The maximum Gasteiger partial charge on any atom is 0.240 e. The highest BCUT2D eigenvalue weighted by Gasteiger charge is 2.27. The summed E-state index contributed by atoms with van der Waals surface area (Å²) in [5, 5.41) is 3.73. The van der Waals surface area contributed by atoms with Crippen LogP contribution in [0.4, 0.5) is 5.69 Å². The van der Waals surface area contributed by atoms with Gasteiger partial charge in [-0.15, -0.1) is 0 Å². The number of rotatable bonds is 4. The highest BCUT2D eigenvalue weighted by atomic mass is 35.5. The topological polar surface area (TPSA) is 32.3 Å². The summed E-state index contributed by atoms with van der Waals surface area (Å²) in [6.07, 6.45) is 0.990. The predicted molar refractivity (Wildman–Crippen MR) is 95.0 cm³/mol. The van der Waals surface area contributed by atoms with Crippen molar-refractivity contribution in [3.63, 3.8) is 0 Å². The van der Waals surface area contributed by atoms with Gasteiger partial charge in [-0.2, -0.15) is 0 Å².